The molecule has 0 aliphatic heterocycles. The smallest absolute Gasteiger partial charge is 0.332 e. The van der Waals surface area contributed by atoms with Gasteiger partial charge in [-0.05, 0) is 47.6 Å². The number of nitrogens with zero attached hydrogens (tertiary/aromatic N) is 2. The van der Waals surface area contributed by atoms with E-state index in [1.807, 2.05) is 19.0 Å². The Morgan fingerprint density at radius 3 is 2.12 bits per heavy atom. The molecule has 0 aliphatic carbocycles. The van der Waals surface area contributed by atoms with Crippen molar-refractivity contribution in [2.45, 2.75) is 24.8 Å². The normalized spacial score (nSPS) is 15.4. The van der Waals surface area contributed by atoms with Crippen LogP contribution in [0, 0.1) is 0 Å². The number of halogens is 2. The molecule has 0 N–H and O–H groups in total. The first-order valence-corrected chi connectivity index (χ1v) is 5.47. The molecule has 0 radical (unpaired) electrons. The Kier molecular flexibility index (Phi) is 6.56. The van der Waals surface area contributed by atoms with Gasteiger partial charge in [0.2, 0.25) is 0 Å². The van der Waals surface area contributed by atoms with E-state index in [-0.39, 0.29) is 6.42 Å². The molecule has 0 heterocycles. The highest BCUT2D eigenvalue weighted by molar-refractivity contribution is 5.81. The Hall–Kier alpha value is -0.750. The summed E-state index contributed by atoms with van der Waals surface area (Å²) < 4.78 is 30.9. The predicted molar refractivity (Wildman–Crippen MR) is 62.2 cm³/mol. The molecule has 0 bridgehead atoms. The third-order valence-corrected chi connectivity index (χ3v) is 2.86. The molecule has 6 heteroatoms. The zero-order chi connectivity index (χ0) is 13.6. The molecule has 17 heavy (non-hydrogen) atoms. The van der Waals surface area contributed by atoms with Crippen molar-refractivity contribution in [2.75, 3.05) is 41.8 Å². The molecule has 0 spiro atoms. The summed E-state index contributed by atoms with van der Waals surface area (Å²) in [5.41, 5.74) is -1.84. The maximum absolute atomic E-state index is 13.2. The summed E-state index contributed by atoms with van der Waals surface area (Å²) in [7, 11) is 7.79. The van der Waals surface area contributed by atoms with Gasteiger partial charge in [0.05, 0.1) is 7.11 Å². The first-order valence-electron chi connectivity index (χ1n) is 5.47. The van der Waals surface area contributed by atoms with Crippen LogP contribution in [0.3, 0.4) is 0 Å². The van der Waals surface area contributed by atoms with Crippen molar-refractivity contribution in [3.8, 4) is 0 Å². The van der Waals surface area contributed by atoms with Crippen LogP contribution in [-0.2, 0) is 9.53 Å². The van der Waals surface area contributed by atoms with Gasteiger partial charge < -0.3 is 9.64 Å². The fraction of sp³-hybridized carbons (Fsp3) is 0.909. The average Bonchev–Trinajstić information content (AvgIpc) is 2.21. The van der Waals surface area contributed by atoms with Crippen LogP contribution in [0.15, 0.2) is 0 Å². The van der Waals surface area contributed by atoms with Gasteiger partial charge in [0.25, 0.3) is 6.43 Å². The predicted octanol–water partition coefficient (Wildman–Crippen LogP) is 1.07. The molecule has 1 unspecified atom stereocenters. The van der Waals surface area contributed by atoms with Crippen LogP contribution in [0.4, 0.5) is 8.78 Å². The zero-order valence-electron chi connectivity index (χ0n) is 11.2. The molecule has 1 atom stereocenters. The van der Waals surface area contributed by atoms with Gasteiger partial charge in [-0.25, -0.2) is 13.6 Å². The minimum absolute atomic E-state index is 0.0719. The number of methoxy groups -OCH3 is 1. The largest absolute Gasteiger partial charge is 0.467 e. The SMILES string of the molecule is COC(=O)C(CCCN(C)C)(C(F)F)N(C)C. The van der Waals surface area contributed by atoms with Gasteiger partial charge in [-0.1, -0.05) is 0 Å². The molecule has 0 aromatic rings. The molecular weight excluding hydrogens is 230 g/mol. The highest BCUT2D eigenvalue weighted by Gasteiger charge is 2.50. The monoisotopic (exact) mass is 252 g/mol. The van der Waals surface area contributed by atoms with Crippen molar-refractivity contribution in [3.63, 3.8) is 0 Å². The van der Waals surface area contributed by atoms with Crippen molar-refractivity contribution < 1.29 is 18.3 Å². The molecule has 0 rings (SSSR count). The lowest BCUT2D eigenvalue weighted by Crippen LogP contribution is -2.57. The van der Waals surface area contributed by atoms with E-state index < -0.39 is 17.9 Å². The molecule has 4 nitrogen and oxygen atoms in total. The van der Waals surface area contributed by atoms with Crippen molar-refractivity contribution in [1.29, 1.82) is 0 Å². The lowest BCUT2D eigenvalue weighted by atomic mass is 9.92. The molecule has 0 fully saturated rings. The number of esters is 1. The van der Waals surface area contributed by atoms with Gasteiger partial charge in [-0.2, -0.15) is 0 Å². The van der Waals surface area contributed by atoms with Gasteiger partial charge in [0.1, 0.15) is 0 Å². The standard InChI is InChI=1S/C11H22F2N2O2/c1-14(2)8-6-7-11(9(12)13,15(3)4)10(16)17-5/h9H,6-8H2,1-5H3. The van der Waals surface area contributed by atoms with E-state index in [2.05, 4.69) is 4.74 Å². The van der Waals surface area contributed by atoms with Crippen LogP contribution in [0.25, 0.3) is 0 Å². The Morgan fingerprint density at radius 2 is 1.82 bits per heavy atom. The summed E-state index contributed by atoms with van der Waals surface area (Å²) >= 11 is 0. The van der Waals surface area contributed by atoms with Crippen LogP contribution >= 0.6 is 0 Å². The van der Waals surface area contributed by atoms with E-state index in [1.165, 1.54) is 19.0 Å². The highest BCUT2D eigenvalue weighted by Crippen LogP contribution is 2.28. The molecular formula is C11H22F2N2O2. The maximum atomic E-state index is 13.2. The van der Waals surface area contributed by atoms with E-state index in [0.717, 1.165) is 7.11 Å². The quantitative estimate of drug-likeness (QED) is 0.634. The Morgan fingerprint density at radius 1 is 1.29 bits per heavy atom. The highest BCUT2D eigenvalue weighted by atomic mass is 19.3. The number of hydrogen-bond donors (Lipinski definition) is 0. The minimum Gasteiger partial charge on any atom is -0.467 e. The van der Waals surface area contributed by atoms with Crippen molar-refractivity contribution in [2.24, 2.45) is 0 Å². The fourth-order valence-corrected chi connectivity index (χ4v) is 1.74. The third-order valence-electron chi connectivity index (χ3n) is 2.86. The summed E-state index contributed by atoms with van der Waals surface area (Å²) in [6.07, 6.45) is -2.19. The number of carbonyl (C=O) groups is 1. The molecule has 0 aliphatic rings. The van der Waals surface area contributed by atoms with Crippen LogP contribution in [0.1, 0.15) is 12.8 Å². The van der Waals surface area contributed by atoms with Crippen LogP contribution < -0.4 is 0 Å². The third kappa shape index (κ3) is 3.89. The lowest BCUT2D eigenvalue weighted by Gasteiger charge is -2.36. The molecule has 0 aromatic carbocycles. The van der Waals surface area contributed by atoms with Crippen molar-refractivity contribution in [3.05, 3.63) is 0 Å². The van der Waals surface area contributed by atoms with Gasteiger partial charge in [0, 0.05) is 0 Å². The van der Waals surface area contributed by atoms with Crippen LogP contribution in [-0.4, -0.2) is 69.6 Å². The molecule has 0 saturated carbocycles. The molecule has 0 saturated heterocycles. The first-order chi connectivity index (χ1) is 7.78. The summed E-state index contributed by atoms with van der Waals surface area (Å²) in [4.78, 5) is 14.8. The van der Waals surface area contributed by atoms with E-state index in [9.17, 15) is 13.6 Å². The van der Waals surface area contributed by atoms with E-state index in [4.69, 9.17) is 0 Å². The number of alkyl halides is 2. The van der Waals surface area contributed by atoms with Crippen molar-refractivity contribution in [1.82, 2.24) is 9.80 Å². The molecule has 0 aromatic heterocycles. The lowest BCUT2D eigenvalue weighted by molar-refractivity contribution is -0.166. The Labute approximate surface area is 102 Å². The number of likely N-dealkylation sites (N-methyl/N-ethyl adjacent to an activating group) is 1. The number of hydrogen-bond acceptors (Lipinski definition) is 4. The topological polar surface area (TPSA) is 32.8 Å². The summed E-state index contributed by atoms with van der Waals surface area (Å²) in [5.74, 6) is -0.878. The van der Waals surface area contributed by atoms with Gasteiger partial charge >= 0.3 is 5.97 Å². The molecule has 0 amide bonds. The van der Waals surface area contributed by atoms with E-state index >= 15 is 0 Å². The average molecular weight is 252 g/mol. The number of ether oxygens (including phenoxy) is 1. The zero-order valence-corrected chi connectivity index (χ0v) is 11.2. The van der Waals surface area contributed by atoms with Gasteiger partial charge in [-0.3, -0.25) is 4.90 Å². The fourth-order valence-electron chi connectivity index (χ4n) is 1.74. The molecule has 102 valence electrons. The minimum atomic E-state index is -2.77. The summed E-state index contributed by atoms with van der Waals surface area (Å²) in [5, 5.41) is 0. The van der Waals surface area contributed by atoms with Gasteiger partial charge in [0.15, 0.2) is 5.54 Å². The summed E-state index contributed by atoms with van der Waals surface area (Å²) in [6.45, 7) is 0.652. The van der Waals surface area contributed by atoms with Gasteiger partial charge in [-0.15, -0.1) is 0 Å². The van der Waals surface area contributed by atoms with Crippen LogP contribution in [0.5, 0.6) is 0 Å². The van der Waals surface area contributed by atoms with Crippen LogP contribution in [0.2, 0.25) is 0 Å². The second-order valence-corrected chi connectivity index (χ2v) is 4.52. The Bertz CT molecular complexity index is 238. The number of rotatable bonds is 7. The maximum Gasteiger partial charge on any atom is 0.332 e. The second kappa shape index (κ2) is 6.86. The Balaban J connectivity index is 4.87. The van der Waals surface area contributed by atoms with E-state index in [0.29, 0.717) is 13.0 Å². The summed E-state index contributed by atoms with van der Waals surface area (Å²) in [6, 6.07) is 0. The second-order valence-electron chi connectivity index (χ2n) is 4.52. The van der Waals surface area contributed by atoms with Crippen molar-refractivity contribution >= 4 is 5.97 Å². The first kappa shape index (κ1) is 16.2. The van der Waals surface area contributed by atoms with E-state index in [1.54, 1.807) is 0 Å². The number of carbonyl (C=O) groups excluding carboxylic acids is 1.